The normalized spacial score (nSPS) is 12.1. The number of rotatable bonds is 6. The topological polar surface area (TPSA) is 35.5 Å². The number of carbonyl (C=O) groups excluding carboxylic acids is 1. The molecule has 1 rings (SSSR count). The van der Waals surface area contributed by atoms with Gasteiger partial charge in [0, 0.05) is 11.3 Å². The zero-order valence-electron chi connectivity index (χ0n) is 11.8. The van der Waals surface area contributed by atoms with Crippen LogP contribution in [0, 0.1) is 0 Å². The largest absolute Gasteiger partial charge is 0.573 e. The van der Waals surface area contributed by atoms with Crippen LogP contribution in [0.2, 0.25) is 0 Å². The first-order chi connectivity index (χ1) is 10.5. The average Bonchev–Trinajstić information content (AvgIpc) is 2.32. The molecule has 0 heterocycles. The van der Waals surface area contributed by atoms with Crippen molar-refractivity contribution in [2.45, 2.75) is 36.5 Å². The Morgan fingerprint density at radius 2 is 1.78 bits per heavy atom. The van der Waals surface area contributed by atoms with E-state index in [-0.39, 0.29) is 25.0 Å². The third-order valence-corrected chi connectivity index (χ3v) is 3.03. The molecule has 0 amide bonds. The first-order valence-electron chi connectivity index (χ1n) is 6.29. The molecule has 0 aliphatic heterocycles. The van der Waals surface area contributed by atoms with E-state index in [1.165, 1.54) is 0 Å². The van der Waals surface area contributed by atoms with Crippen molar-refractivity contribution in [3.63, 3.8) is 0 Å². The summed E-state index contributed by atoms with van der Waals surface area (Å²) in [4.78, 5) is 10.8. The van der Waals surface area contributed by atoms with E-state index in [4.69, 9.17) is 0 Å². The smallest absolute Gasteiger partial charge is 0.466 e. The van der Waals surface area contributed by atoms with Gasteiger partial charge >= 0.3 is 17.8 Å². The molecule has 0 radical (unpaired) electrons. The minimum atomic E-state index is -5.03. The number of esters is 1. The first-order valence-corrected chi connectivity index (χ1v) is 7.11. The van der Waals surface area contributed by atoms with Crippen LogP contribution in [0.5, 0.6) is 5.75 Å². The lowest BCUT2D eigenvalue weighted by molar-refractivity contribution is -0.274. The van der Waals surface area contributed by atoms with Crippen molar-refractivity contribution < 1.29 is 40.6 Å². The molecular weight excluding hydrogens is 350 g/mol. The predicted octanol–water partition coefficient (Wildman–Crippen LogP) is 4.69. The van der Waals surface area contributed by atoms with Crippen molar-refractivity contribution in [2.75, 3.05) is 6.61 Å². The van der Waals surface area contributed by atoms with E-state index in [1.54, 1.807) is 6.92 Å². The van der Waals surface area contributed by atoms with Gasteiger partial charge in [-0.2, -0.15) is 13.2 Å². The quantitative estimate of drug-likeness (QED) is 0.418. The fraction of sp³-hybridized carbons (Fsp3) is 0.462. The fourth-order valence-corrected chi connectivity index (χ4v) is 2.29. The van der Waals surface area contributed by atoms with Crippen LogP contribution in [0.4, 0.5) is 26.3 Å². The molecule has 3 nitrogen and oxygen atoms in total. The molecule has 130 valence electrons. The summed E-state index contributed by atoms with van der Waals surface area (Å²) in [5.41, 5.74) is -4.55. The molecular formula is C13H12F6O3S. The van der Waals surface area contributed by atoms with E-state index < -0.39 is 40.2 Å². The highest BCUT2D eigenvalue weighted by Crippen LogP contribution is 2.39. The summed E-state index contributed by atoms with van der Waals surface area (Å²) in [7, 11) is 0. The van der Waals surface area contributed by atoms with Gasteiger partial charge in [-0.05, 0) is 48.9 Å². The molecule has 1 aromatic carbocycles. The SMILES string of the molecule is CCOC(=O)CCc1cc(OC(F)(F)F)cc(SC(F)(F)F)c1. The Morgan fingerprint density at radius 1 is 1.13 bits per heavy atom. The first kappa shape index (κ1) is 19.5. The standard InChI is InChI=1S/C13H12F6O3S/c1-2-21-11(20)4-3-8-5-9(22-12(14,15)16)7-10(6-8)23-13(17,18)19/h5-7H,2-4H2,1H3. The Balaban J connectivity index is 2.96. The minimum absolute atomic E-state index is 0.0701. The molecule has 0 aromatic heterocycles. The van der Waals surface area contributed by atoms with Gasteiger partial charge in [-0.15, -0.1) is 13.2 Å². The molecule has 0 saturated heterocycles. The molecule has 0 N–H and O–H groups in total. The van der Waals surface area contributed by atoms with Crippen LogP contribution in [0.15, 0.2) is 23.1 Å². The van der Waals surface area contributed by atoms with Gasteiger partial charge in [0.15, 0.2) is 0 Å². The zero-order valence-corrected chi connectivity index (χ0v) is 12.6. The summed E-state index contributed by atoms with van der Waals surface area (Å²) < 4.78 is 82.1. The average molecular weight is 362 g/mol. The molecule has 10 heteroatoms. The second-order valence-electron chi connectivity index (χ2n) is 4.21. The van der Waals surface area contributed by atoms with Gasteiger partial charge < -0.3 is 9.47 Å². The van der Waals surface area contributed by atoms with Gasteiger partial charge in [0.2, 0.25) is 0 Å². The van der Waals surface area contributed by atoms with Crippen LogP contribution >= 0.6 is 11.8 Å². The highest BCUT2D eigenvalue weighted by Gasteiger charge is 2.33. The number of ether oxygens (including phenoxy) is 2. The molecule has 0 atom stereocenters. The van der Waals surface area contributed by atoms with Crippen molar-refractivity contribution in [1.29, 1.82) is 0 Å². The molecule has 0 saturated carbocycles. The third kappa shape index (κ3) is 8.58. The van der Waals surface area contributed by atoms with Crippen LogP contribution in [-0.2, 0) is 16.0 Å². The van der Waals surface area contributed by atoms with E-state index in [2.05, 4.69) is 9.47 Å². The molecule has 1 aromatic rings. The number of benzene rings is 1. The van der Waals surface area contributed by atoms with Gasteiger partial charge in [-0.1, -0.05) is 0 Å². The molecule has 0 aliphatic carbocycles. The monoisotopic (exact) mass is 362 g/mol. The lowest BCUT2D eigenvalue weighted by Gasteiger charge is -2.13. The molecule has 0 bridgehead atoms. The van der Waals surface area contributed by atoms with E-state index >= 15 is 0 Å². The van der Waals surface area contributed by atoms with Crippen molar-refractivity contribution in [3.05, 3.63) is 23.8 Å². The maximum atomic E-state index is 12.4. The number of aryl methyl sites for hydroxylation is 1. The molecule has 0 spiro atoms. The highest BCUT2D eigenvalue weighted by molar-refractivity contribution is 8.00. The van der Waals surface area contributed by atoms with Crippen molar-refractivity contribution in [1.82, 2.24) is 0 Å². The second-order valence-corrected chi connectivity index (χ2v) is 5.35. The predicted molar refractivity (Wildman–Crippen MR) is 70.0 cm³/mol. The van der Waals surface area contributed by atoms with Gasteiger partial charge in [0.05, 0.1) is 6.61 Å². The fourth-order valence-electron chi connectivity index (χ4n) is 1.64. The summed E-state index contributed by atoms with van der Waals surface area (Å²) in [5.74, 6) is -1.37. The summed E-state index contributed by atoms with van der Waals surface area (Å²) >= 11 is -0.564. The number of carbonyl (C=O) groups is 1. The van der Waals surface area contributed by atoms with Gasteiger partial charge in [0.1, 0.15) is 5.75 Å². The van der Waals surface area contributed by atoms with E-state index in [0.29, 0.717) is 6.07 Å². The van der Waals surface area contributed by atoms with E-state index in [0.717, 1.165) is 12.1 Å². The Bertz CT molecular complexity index is 507. The van der Waals surface area contributed by atoms with Gasteiger partial charge in [-0.25, -0.2) is 0 Å². The summed E-state index contributed by atoms with van der Waals surface area (Å²) in [6.07, 6.45) is -5.27. The molecule has 0 fully saturated rings. The van der Waals surface area contributed by atoms with Crippen LogP contribution in [0.1, 0.15) is 18.9 Å². The molecule has 0 aliphatic rings. The van der Waals surface area contributed by atoms with E-state index in [1.807, 2.05) is 0 Å². The Kier molecular flexibility index (Phi) is 6.60. The number of alkyl halides is 6. The molecule has 0 unspecified atom stereocenters. The van der Waals surface area contributed by atoms with Crippen LogP contribution in [-0.4, -0.2) is 24.4 Å². The summed E-state index contributed by atoms with van der Waals surface area (Å²) in [6.45, 7) is 1.71. The van der Waals surface area contributed by atoms with E-state index in [9.17, 15) is 31.1 Å². The Morgan fingerprint density at radius 3 is 2.30 bits per heavy atom. The van der Waals surface area contributed by atoms with Crippen LogP contribution in [0.3, 0.4) is 0 Å². The minimum Gasteiger partial charge on any atom is -0.466 e. The Labute approximate surface area is 131 Å². The number of halogens is 6. The van der Waals surface area contributed by atoms with Crippen molar-refractivity contribution in [3.8, 4) is 5.75 Å². The lowest BCUT2D eigenvalue weighted by atomic mass is 10.1. The number of hydrogen-bond donors (Lipinski definition) is 0. The van der Waals surface area contributed by atoms with Crippen LogP contribution < -0.4 is 4.74 Å². The molecule has 23 heavy (non-hydrogen) atoms. The lowest BCUT2D eigenvalue weighted by Crippen LogP contribution is -2.17. The number of hydrogen-bond acceptors (Lipinski definition) is 4. The van der Waals surface area contributed by atoms with Crippen molar-refractivity contribution >= 4 is 17.7 Å². The van der Waals surface area contributed by atoms with Crippen LogP contribution in [0.25, 0.3) is 0 Å². The summed E-state index contributed by atoms with van der Waals surface area (Å²) in [5, 5.41) is 0. The maximum Gasteiger partial charge on any atom is 0.573 e. The third-order valence-electron chi connectivity index (χ3n) is 2.33. The summed E-state index contributed by atoms with van der Waals surface area (Å²) in [6, 6.07) is 2.63. The van der Waals surface area contributed by atoms with Gasteiger partial charge in [0.25, 0.3) is 0 Å². The zero-order chi connectivity index (χ0) is 17.7. The van der Waals surface area contributed by atoms with Crippen molar-refractivity contribution in [2.24, 2.45) is 0 Å². The maximum absolute atomic E-state index is 12.4. The Hall–Kier alpha value is -1.58. The van der Waals surface area contributed by atoms with Gasteiger partial charge in [-0.3, -0.25) is 4.79 Å². The second kappa shape index (κ2) is 7.80. The highest BCUT2D eigenvalue weighted by atomic mass is 32.2. The number of thioether (sulfide) groups is 1.